The monoisotopic (exact) mass is 395 g/mol. The molecule has 152 valence electrons. The first-order valence-electron chi connectivity index (χ1n) is 9.93. The number of benzene rings is 1. The van der Waals surface area contributed by atoms with Gasteiger partial charge in [0.05, 0.1) is 12.2 Å². The second kappa shape index (κ2) is 7.73. The van der Waals surface area contributed by atoms with Crippen LogP contribution in [-0.4, -0.2) is 60.2 Å². The zero-order valence-corrected chi connectivity index (χ0v) is 16.8. The SMILES string of the molecule is Cc1ccc(N2CC(C(=O)N3CCN(C(=O)c4ccco4)CC3)CC2=O)c(C)c1. The minimum Gasteiger partial charge on any atom is -0.459 e. The summed E-state index contributed by atoms with van der Waals surface area (Å²) in [6, 6.07) is 9.32. The van der Waals surface area contributed by atoms with E-state index >= 15 is 0 Å². The standard InChI is InChI=1S/C22H25N3O4/c1-15-5-6-18(16(2)12-15)25-14-17(13-20(25)26)21(27)23-7-9-24(10-8-23)22(28)19-4-3-11-29-19/h3-6,11-12,17H,7-10,13-14H2,1-2H3. The van der Waals surface area contributed by atoms with E-state index in [1.807, 2.05) is 32.0 Å². The lowest BCUT2D eigenvalue weighted by Gasteiger charge is -2.35. The quantitative estimate of drug-likeness (QED) is 0.799. The maximum atomic E-state index is 13.0. The van der Waals surface area contributed by atoms with Crippen molar-refractivity contribution in [3.63, 3.8) is 0 Å². The normalized spacial score (nSPS) is 19.7. The van der Waals surface area contributed by atoms with Crippen LogP contribution in [0.5, 0.6) is 0 Å². The van der Waals surface area contributed by atoms with Gasteiger partial charge in [-0.15, -0.1) is 0 Å². The number of furan rings is 1. The molecule has 3 amide bonds. The molecule has 0 radical (unpaired) electrons. The lowest BCUT2D eigenvalue weighted by atomic mass is 10.1. The summed E-state index contributed by atoms with van der Waals surface area (Å²) >= 11 is 0. The van der Waals surface area contributed by atoms with Crippen LogP contribution >= 0.6 is 0 Å². The van der Waals surface area contributed by atoms with Gasteiger partial charge in [0, 0.05) is 44.8 Å². The third kappa shape index (κ3) is 3.77. The zero-order chi connectivity index (χ0) is 20.5. The number of carbonyl (C=O) groups is 3. The van der Waals surface area contributed by atoms with E-state index in [1.54, 1.807) is 26.8 Å². The van der Waals surface area contributed by atoms with Gasteiger partial charge in [0.15, 0.2) is 5.76 Å². The number of nitrogens with zero attached hydrogens (tertiary/aromatic N) is 3. The van der Waals surface area contributed by atoms with Gasteiger partial charge in [-0.25, -0.2) is 0 Å². The molecule has 0 spiro atoms. The zero-order valence-electron chi connectivity index (χ0n) is 16.8. The van der Waals surface area contributed by atoms with Crippen LogP contribution in [0, 0.1) is 19.8 Å². The van der Waals surface area contributed by atoms with Crippen LogP contribution in [0.25, 0.3) is 0 Å². The van der Waals surface area contributed by atoms with Crippen molar-refractivity contribution in [2.24, 2.45) is 5.92 Å². The molecule has 0 aliphatic carbocycles. The summed E-state index contributed by atoms with van der Waals surface area (Å²) < 4.78 is 5.17. The van der Waals surface area contributed by atoms with E-state index in [0.29, 0.717) is 38.5 Å². The second-order valence-corrected chi connectivity index (χ2v) is 7.79. The van der Waals surface area contributed by atoms with Crippen LogP contribution in [0.15, 0.2) is 41.0 Å². The number of hydrogen-bond donors (Lipinski definition) is 0. The van der Waals surface area contributed by atoms with Gasteiger partial charge in [0.2, 0.25) is 11.8 Å². The first kappa shape index (κ1) is 19.2. The number of piperazine rings is 1. The van der Waals surface area contributed by atoms with E-state index in [1.165, 1.54) is 6.26 Å². The van der Waals surface area contributed by atoms with E-state index in [-0.39, 0.29) is 30.1 Å². The van der Waals surface area contributed by atoms with Gasteiger partial charge in [-0.1, -0.05) is 17.7 Å². The Hall–Kier alpha value is -3.09. The highest BCUT2D eigenvalue weighted by Crippen LogP contribution is 2.29. The number of anilines is 1. The lowest BCUT2D eigenvalue weighted by Crippen LogP contribution is -2.52. The van der Waals surface area contributed by atoms with E-state index in [2.05, 4.69) is 0 Å². The molecule has 7 heteroatoms. The Morgan fingerprint density at radius 3 is 2.41 bits per heavy atom. The summed E-state index contributed by atoms with van der Waals surface area (Å²) in [6.07, 6.45) is 1.71. The Labute approximate surface area is 169 Å². The van der Waals surface area contributed by atoms with E-state index in [9.17, 15) is 14.4 Å². The Morgan fingerprint density at radius 1 is 1.03 bits per heavy atom. The van der Waals surface area contributed by atoms with Gasteiger partial charge in [-0.3, -0.25) is 14.4 Å². The first-order valence-corrected chi connectivity index (χ1v) is 9.93. The molecule has 7 nitrogen and oxygen atoms in total. The number of aryl methyl sites for hydroxylation is 2. The molecule has 0 bridgehead atoms. The highest BCUT2D eigenvalue weighted by atomic mass is 16.3. The summed E-state index contributed by atoms with van der Waals surface area (Å²) in [4.78, 5) is 43.1. The first-order chi connectivity index (χ1) is 13.9. The molecule has 1 aromatic carbocycles. The smallest absolute Gasteiger partial charge is 0.289 e. The van der Waals surface area contributed by atoms with Crippen molar-refractivity contribution in [3.8, 4) is 0 Å². The third-order valence-corrected chi connectivity index (χ3v) is 5.73. The molecule has 1 aromatic heterocycles. The molecule has 1 unspecified atom stereocenters. The Balaban J connectivity index is 1.37. The van der Waals surface area contributed by atoms with Crippen LogP contribution in [0.1, 0.15) is 28.1 Å². The summed E-state index contributed by atoms with van der Waals surface area (Å²) in [5, 5.41) is 0. The molecule has 2 saturated heterocycles. The fraction of sp³-hybridized carbons (Fsp3) is 0.409. The van der Waals surface area contributed by atoms with Gasteiger partial charge < -0.3 is 19.1 Å². The predicted molar refractivity (Wildman–Crippen MR) is 108 cm³/mol. The maximum absolute atomic E-state index is 13.0. The fourth-order valence-electron chi connectivity index (χ4n) is 4.16. The summed E-state index contributed by atoms with van der Waals surface area (Å²) in [5.41, 5.74) is 3.06. The molecule has 4 rings (SSSR count). The molecule has 1 atom stereocenters. The average molecular weight is 395 g/mol. The van der Waals surface area contributed by atoms with E-state index in [4.69, 9.17) is 4.42 Å². The molecule has 3 heterocycles. The number of amides is 3. The number of rotatable bonds is 3. The van der Waals surface area contributed by atoms with Crippen molar-refractivity contribution in [1.29, 1.82) is 0 Å². The van der Waals surface area contributed by atoms with Crippen molar-refractivity contribution < 1.29 is 18.8 Å². The summed E-state index contributed by atoms with van der Waals surface area (Å²) in [6.45, 7) is 6.29. The number of carbonyl (C=O) groups excluding carboxylic acids is 3. The van der Waals surface area contributed by atoms with Crippen molar-refractivity contribution in [3.05, 3.63) is 53.5 Å². The molecule has 29 heavy (non-hydrogen) atoms. The lowest BCUT2D eigenvalue weighted by molar-refractivity contribution is -0.137. The maximum Gasteiger partial charge on any atom is 0.289 e. The van der Waals surface area contributed by atoms with Crippen LogP contribution in [-0.2, 0) is 9.59 Å². The Bertz CT molecular complexity index is 930. The van der Waals surface area contributed by atoms with Crippen LogP contribution in [0.2, 0.25) is 0 Å². The van der Waals surface area contributed by atoms with Crippen molar-refractivity contribution in [2.45, 2.75) is 20.3 Å². The van der Waals surface area contributed by atoms with Gasteiger partial charge in [0.1, 0.15) is 0 Å². The fourth-order valence-corrected chi connectivity index (χ4v) is 4.16. The van der Waals surface area contributed by atoms with Gasteiger partial charge in [-0.05, 0) is 37.6 Å². The van der Waals surface area contributed by atoms with Crippen molar-refractivity contribution in [1.82, 2.24) is 9.80 Å². The van der Waals surface area contributed by atoms with Crippen LogP contribution in [0.4, 0.5) is 5.69 Å². The molecule has 2 fully saturated rings. The third-order valence-electron chi connectivity index (χ3n) is 5.73. The van der Waals surface area contributed by atoms with Crippen molar-refractivity contribution in [2.75, 3.05) is 37.6 Å². The largest absolute Gasteiger partial charge is 0.459 e. The molecule has 2 aliphatic heterocycles. The minimum absolute atomic E-state index is 0.00397. The van der Waals surface area contributed by atoms with Gasteiger partial charge >= 0.3 is 0 Å². The predicted octanol–water partition coefficient (Wildman–Crippen LogP) is 2.23. The highest BCUT2D eigenvalue weighted by Gasteiger charge is 2.38. The average Bonchev–Trinajstić information content (AvgIpc) is 3.37. The molecular formula is C22H25N3O4. The van der Waals surface area contributed by atoms with Gasteiger partial charge in [0.25, 0.3) is 5.91 Å². The topological polar surface area (TPSA) is 74.1 Å². The second-order valence-electron chi connectivity index (χ2n) is 7.79. The molecule has 2 aromatic rings. The highest BCUT2D eigenvalue weighted by molar-refractivity contribution is 6.01. The van der Waals surface area contributed by atoms with Crippen LogP contribution < -0.4 is 4.90 Å². The molecule has 0 N–H and O–H groups in total. The summed E-state index contributed by atoms with van der Waals surface area (Å²) in [5.74, 6) is -0.192. The molecule has 2 aliphatic rings. The van der Waals surface area contributed by atoms with E-state index in [0.717, 1.165) is 16.8 Å². The minimum atomic E-state index is -0.337. The van der Waals surface area contributed by atoms with E-state index < -0.39 is 0 Å². The molecular weight excluding hydrogens is 370 g/mol. The van der Waals surface area contributed by atoms with Crippen molar-refractivity contribution >= 4 is 23.4 Å². The van der Waals surface area contributed by atoms with Gasteiger partial charge in [-0.2, -0.15) is 0 Å². The molecule has 0 saturated carbocycles. The summed E-state index contributed by atoms with van der Waals surface area (Å²) in [7, 11) is 0. The Kier molecular flexibility index (Phi) is 5.13. The Morgan fingerprint density at radius 2 is 1.76 bits per heavy atom. The number of hydrogen-bond acceptors (Lipinski definition) is 4. The van der Waals surface area contributed by atoms with Crippen LogP contribution in [0.3, 0.4) is 0 Å².